The van der Waals surface area contributed by atoms with E-state index in [1.807, 2.05) is 6.92 Å². The van der Waals surface area contributed by atoms with Crippen molar-refractivity contribution in [3.8, 4) is 0 Å². The van der Waals surface area contributed by atoms with E-state index in [1.165, 1.54) is 13.1 Å². The highest BCUT2D eigenvalue weighted by molar-refractivity contribution is 7.80. The second-order valence-corrected chi connectivity index (χ2v) is 3.82. The SMILES string of the molecule is CCNC(=S)NN1CC[NH+](C)CC1. The quantitative estimate of drug-likeness (QED) is 0.463. The van der Waals surface area contributed by atoms with Gasteiger partial charge >= 0.3 is 0 Å². The fourth-order valence-electron chi connectivity index (χ4n) is 1.34. The van der Waals surface area contributed by atoms with Gasteiger partial charge in [0.1, 0.15) is 0 Å². The molecule has 1 aliphatic rings. The van der Waals surface area contributed by atoms with Crippen LogP contribution >= 0.6 is 12.2 Å². The lowest BCUT2D eigenvalue weighted by molar-refractivity contribution is -0.884. The van der Waals surface area contributed by atoms with Crippen LogP contribution in [0.3, 0.4) is 0 Å². The number of likely N-dealkylation sites (N-methyl/N-ethyl adjacent to an activating group) is 1. The number of nitrogens with one attached hydrogen (secondary N) is 3. The van der Waals surface area contributed by atoms with Crippen molar-refractivity contribution in [1.82, 2.24) is 15.8 Å². The molecule has 0 bridgehead atoms. The minimum atomic E-state index is 0.738. The molecule has 0 amide bonds. The predicted octanol–water partition coefficient (Wildman–Crippen LogP) is -1.78. The Morgan fingerprint density at radius 3 is 2.62 bits per heavy atom. The Kier molecular flexibility index (Phi) is 4.41. The first-order valence-electron chi connectivity index (χ1n) is 4.83. The molecule has 13 heavy (non-hydrogen) atoms. The Labute approximate surface area is 85.2 Å². The molecular weight excluding hydrogens is 184 g/mol. The number of rotatable bonds is 2. The summed E-state index contributed by atoms with van der Waals surface area (Å²) in [5.74, 6) is 0. The van der Waals surface area contributed by atoms with E-state index in [4.69, 9.17) is 12.2 Å². The van der Waals surface area contributed by atoms with Crippen LogP contribution in [0.5, 0.6) is 0 Å². The molecule has 1 fully saturated rings. The highest BCUT2D eigenvalue weighted by atomic mass is 32.1. The molecule has 0 aromatic carbocycles. The van der Waals surface area contributed by atoms with Gasteiger partial charge in [-0.15, -0.1) is 0 Å². The van der Waals surface area contributed by atoms with E-state index in [9.17, 15) is 0 Å². The molecule has 0 aromatic rings. The summed E-state index contributed by atoms with van der Waals surface area (Å²) in [7, 11) is 2.22. The zero-order valence-corrected chi connectivity index (χ0v) is 9.21. The van der Waals surface area contributed by atoms with Gasteiger partial charge in [0.25, 0.3) is 0 Å². The molecule has 1 saturated heterocycles. The van der Waals surface area contributed by atoms with Crippen LogP contribution in [-0.2, 0) is 0 Å². The second-order valence-electron chi connectivity index (χ2n) is 3.42. The van der Waals surface area contributed by atoms with Gasteiger partial charge in [-0.1, -0.05) is 0 Å². The Hall–Kier alpha value is -0.390. The van der Waals surface area contributed by atoms with Crippen molar-refractivity contribution < 1.29 is 4.90 Å². The molecule has 1 aliphatic heterocycles. The molecule has 5 heteroatoms. The molecule has 0 aliphatic carbocycles. The van der Waals surface area contributed by atoms with Crippen LogP contribution in [-0.4, -0.2) is 49.9 Å². The minimum Gasteiger partial charge on any atom is -0.362 e. The summed E-state index contributed by atoms with van der Waals surface area (Å²) >= 11 is 5.09. The Morgan fingerprint density at radius 2 is 2.08 bits per heavy atom. The lowest BCUT2D eigenvalue weighted by Gasteiger charge is -2.30. The molecule has 0 unspecified atom stereocenters. The maximum Gasteiger partial charge on any atom is 0.181 e. The summed E-state index contributed by atoms with van der Waals surface area (Å²) < 4.78 is 0. The van der Waals surface area contributed by atoms with Gasteiger partial charge in [0.15, 0.2) is 5.11 Å². The number of thiocarbonyl (C=S) groups is 1. The third-order valence-corrected chi connectivity index (χ3v) is 2.45. The third-order valence-electron chi connectivity index (χ3n) is 2.21. The smallest absolute Gasteiger partial charge is 0.181 e. The average molecular weight is 203 g/mol. The van der Waals surface area contributed by atoms with Crippen molar-refractivity contribution in [1.29, 1.82) is 0 Å². The van der Waals surface area contributed by atoms with Gasteiger partial charge in [-0.2, -0.15) is 0 Å². The summed E-state index contributed by atoms with van der Waals surface area (Å²) in [6, 6.07) is 0. The van der Waals surface area contributed by atoms with Gasteiger partial charge < -0.3 is 10.2 Å². The number of hydrogen-bond acceptors (Lipinski definition) is 2. The monoisotopic (exact) mass is 203 g/mol. The van der Waals surface area contributed by atoms with Gasteiger partial charge in [-0.05, 0) is 19.1 Å². The fraction of sp³-hybridized carbons (Fsp3) is 0.875. The van der Waals surface area contributed by atoms with Gasteiger partial charge in [-0.3, -0.25) is 5.43 Å². The second kappa shape index (κ2) is 5.36. The molecule has 3 N–H and O–H groups in total. The molecule has 0 atom stereocenters. The molecular formula is C8H19N4S+. The van der Waals surface area contributed by atoms with E-state index in [0.717, 1.165) is 24.7 Å². The van der Waals surface area contributed by atoms with Crippen molar-refractivity contribution >= 4 is 17.3 Å². The van der Waals surface area contributed by atoms with E-state index in [-0.39, 0.29) is 0 Å². The van der Waals surface area contributed by atoms with Crippen LogP contribution in [0.4, 0.5) is 0 Å². The topological polar surface area (TPSA) is 31.7 Å². The number of hydrazine groups is 1. The van der Waals surface area contributed by atoms with Crippen LogP contribution in [0.2, 0.25) is 0 Å². The maximum atomic E-state index is 5.09. The van der Waals surface area contributed by atoms with Crippen LogP contribution in [0.1, 0.15) is 6.92 Å². The van der Waals surface area contributed by atoms with Crippen LogP contribution in [0.25, 0.3) is 0 Å². The van der Waals surface area contributed by atoms with Crippen molar-refractivity contribution in [3.05, 3.63) is 0 Å². The predicted molar refractivity (Wildman–Crippen MR) is 57.6 cm³/mol. The molecule has 0 spiro atoms. The lowest BCUT2D eigenvalue weighted by atomic mass is 10.4. The average Bonchev–Trinajstić information content (AvgIpc) is 2.09. The molecule has 0 saturated carbocycles. The first kappa shape index (κ1) is 10.7. The highest BCUT2D eigenvalue weighted by Gasteiger charge is 2.16. The Bertz CT molecular complexity index is 166. The maximum absolute atomic E-state index is 5.09. The van der Waals surface area contributed by atoms with Gasteiger partial charge in [0, 0.05) is 6.54 Å². The van der Waals surface area contributed by atoms with Crippen LogP contribution in [0.15, 0.2) is 0 Å². The summed E-state index contributed by atoms with van der Waals surface area (Å²) in [5, 5.41) is 5.99. The molecule has 4 nitrogen and oxygen atoms in total. The van der Waals surface area contributed by atoms with Gasteiger partial charge in [-0.25, -0.2) is 5.01 Å². The fourth-order valence-corrected chi connectivity index (χ4v) is 1.62. The number of piperazine rings is 1. The summed E-state index contributed by atoms with van der Waals surface area (Å²) in [6.45, 7) is 7.42. The molecule has 0 radical (unpaired) electrons. The van der Waals surface area contributed by atoms with Crippen molar-refractivity contribution in [3.63, 3.8) is 0 Å². The first-order chi connectivity index (χ1) is 6.22. The zero-order valence-electron chi connectivity index (χ0n) is 8.39. The Balaban J connectivity index is 2.18. The first-order valence-corrected chi connectivity index (χ1v) is 5.24. The number of hydrogen-bond donors (Lipinski definition) is 3. The summed E-state index contributed by atoms with van der Waals surface area (Å²) in [5.41, 5.74) is 3.18. The minimum absolute atomic E-state index is 0.738. The normalized spacial score (nSPS) is 19.8. The van der Waals surface area contributed by atoms with E-state index in [2.05, 4.69) is 22.8 Å². The summed E-state index contributed by atoms with van der Waals surface area (Å²) in [4.78, 5) is 1.59. The zero-order chi connectivity index (χ0) is 9.68. The van der Waals surface area contributed by atoms with Gasteiger partial charge in [0.2, 0.25) is 0 Å². The third kappa shape index (κ3) is 3.89. The molecule has 1 heterocycles. The number of quaternary nitrogens is 1. The van der Waals surface area contributed by atoms with Gasteiger partial charge in [0.05, 0.1) is 33.2 Å². The van der Waals surface area contributed by atoms with Crippen molar-refractivity contribution in [2.45, 2.75) is 6.92 Å². The standard InChI is InChI=1S/C8H18N4S/c1-3-9-8(13)10-12-6-4-11(2)5-7-12/h3-7H2,1-2H3,(H2,9,10,13)/p+1. The summed E-state index contributed by atoms with van der Waals surface area (Å²) in [6.07, 6.45) is 0. The van der Waals surface area contributed by atoms with E-state index >= 15 is 0 Å². The molecule has 76 valence electrons. The molecule has 1 rings (SSSR count). The highest BCUT2D eigenvalue weighted by Crippen LogP contribution is 1.82. The molecule has 0 aromatic heterocycles. The lowest BCUT2D eigenvalue weighted by Crippen LogP contribution is -3.12. The van der Waals surface area contributed by atoms with Crippen LogP contribution in [0, 0.1) is 0 Å². The van der Waals surface area contributed by atoms with E-state index in [0.29, 0.717) is 0 Å². The Morgan fingerprint density at radius 1 is 1.46 bits per heavy atom. The van der Waals surface area contributed by atoms with E-state index in [1.54, 1.807) is 4.90 Å². The van der Waals surface area contributed by atoms with Crippen molar-refractivity contribution in [2.24, 2.45) is 0 Å². The van der Waals surface area contributed by atoms with E-state index < -0.39 is 0 Å². The number of nitrogens with zero attached hydrogens (tertiary/aromatic N) is 1. The largest absolute Gasteiger partial charge is 0.362 e. The van der Waals surface area contributed by atoms with Crippen LogP contribution < -0.4 is 15.6 Å². The van der Waals surface area contributed by atoms with Crippen molar-refractivity contribution in [2.75, 3.05) is 39.8 Å².